The Morgan fingerprint density at radius 2 is 1.51 bits per heavy atom. The molecule has 1 fully saturated rings. The van der Waals surface area contributed by atoms with Crippen molar-refractivity contribution < 1.29 is 14.7 Å². The molecule has 0 aliphatic carbocycles. The quantitative estimate of drug-likeness (QED) is 0.264. The van der Waals surface area contributed by atoms with Gasteiger partial charge in [0.25, 0.3) is 0 Å². The van der Waals surface area contributed by atoms with Crippen molar-refractivity contribution in [3.8, 4) is 5.75 Å². The summed E-state index contributed by atoms with van der Waals surface area (Å²) < 4.78 is 0. The molecular formula is C30H44N2O3. The van der Waals surface area contributed by atoms with E-state index in [1.165, 1.54) is 63.0 Å². The highest BCUT2D eigenvalue weighted by Gasteiger charge is 2.09. The summed E-state index contributed by atoms with van der Waals surface area (Å²) in [5, 5.41) is 9.08. The first-order chi connectivity index (χ1) is 17.0. The minimum Gasteiger partial charge on any atom is -0.508 e. The first-order valence-electron chi connectivity index (χ1n) is 13.1. The van der Waals surface area contributed by atoms with Crippen molar-refractivity contribution in [3.05, 3.63) is 71.8 Å². The van der Waals surface area contributed by atoms with Gasteiger partial charge >= 0.3 is 0 Å². The average molecular weight is 481 g/mol. The minimum atomic E-state index is -0.296. The van der Waals surface area contributed by atoms with Gasteiger partial charge in [-0.3, -0.25) is 9.59 Å². The number of rotatable bonds is 12. The zero-order chi connectivity index (χ0) is 25.7. The molecule has 0 radical (unpaired) electrons. The van der Waals surface area contributed by atoms with Crippen LogP contribution in [0.2, 0.25) is 0 Å². The lowest BCUT2D eigenvalue weighted by Crippen LogP contribution is -2.19. The molecular weight excluding hydrogens is 436 g/mol. The number of ketones is 1. The van der Waals surface area contributed by atoms with Gasteiger partial charge in [-0.15, -0.1) is 0 Å². The fourth-order valence-corrected chi connectivity index (χ4v) is 3.78. The van der Waals surface area contributed by atoms with Crippen LogP contribution in [0.5, 0.6) is 5.75 Å². The summed E-state index contributed by atoms with van der Waals surface area (Å²) in [5.41, 5.74) is 6.93. The third kappa shape index (κ3) is 14.8. The number of primary amides is 1. The number of allylic oxidation sites excluding steroid dienone is 1. The van der Waals surface area contributed by atoms with Crippen molar-refractivity contribution in [2.75, 3.05) is 19.6 Å². The van der Waals surface area contributed by atoms with Crippen LogP contribution in [0.25, 0.3) is 6.08 Å². The molecule has 1 saturated heterocycles. The highest BCUT2D eigenvalue weighted by atomic mass is 16.3. The number of unbranched alkanes of at least 4 members (excludes halogenated alkanes) is 3. The number of nitrogens with two attached hydrogens (primary N) is 1. The second-order valence-corrected chi connectivity index (χ2v) is 8.50. The molecule has 192 valence electrons. The Kier molecular flexibility index (Phi) is 16.7. The van der Waals surface area contributed by atoms with Crippen LogP contribution in [-0.2, 0) is 4.79 Å². The minimum absolute atomic E-state index is 0.0593. The van der Waals surface area contributed by atoms with E-state index in [9.17, 15) is 9.59 Å². The standard InChI is InChI=1S/C15H21N.C13H17NO3.C2H6/c1-3-9-15(10-4-1)11-5-2-6-12-16-13-7-8-14-16;14-13(17)5-3-1-2-4-12(16)10-6-8-11(15)9-7-10;1-2/h1,3-5,9-11H,2,6-8,12-14H2;6-9,15H,1-5H2,(H2,14,17);1-2H3/b11-5+;;. The fraction of sp³-hybridized carbons (Fsp3) is 0.467. The molecule has 3 N–H and O–H groups in total. The van der Waals surface area contributed by atoms with Crippen molar-refractivity contribution in [3.63, 3.8) is 0 Å². The van der Waals surface area contributed by atoms with Crippen molar-refractivity contribution in [1.82, 2.24) is 4.90 Å². The number of benzene rings is 2. The Balaban J connectivity index is 0.000000327. The zero-order valence-corrected chi connectivity index (χ0v) is 21.6. The SMILES string of the molecule is C(=C\c1ccccc1)/CCCN1CCCC1.CC.NC(=O)CCCCCC(=O)c1ccc(O)cc1. The zero-order valence-electron chi connectivity index (χ0n) is 21.6. The summed E-state index contributed by atoms with van der Waals surface area (Å²) in [6.45, 7) is 7.92. The Hall–Kier alpha value is -2.92. The van der Waals surface area contributed by atoms with E-state index in [0.717, 1.165) is 19.3 Å². The number of aromatic hydroxyl groups is 1. The van der Waals surface area contributed by atoms with Gasteiger partial charge in [-0.25, -0.2) is 0 Å². The second-order valence-electron chi connectivity index (χ2n) is 8.50. The third-order valence-corrected chi connectivity index (χ3v) is 5.67. The summed E-state index contributed by atoms with van der Waals surface area (Å²) >= 11 is 0. The molecule has 1 amide bonds. The molecule has 0 spiro atoms. The van der Waals surface area contributed by atoms with E-state index in [4.69, 9.17) is 10.8 Å². The van der Waals surface area contributed by atoms with Gasteiger partial charge in [0.05, 0.1) is 0 Å². The Bertz CT molecular complexity index is 842. The van der Waals surface area contributed by atoms with Gasteiger partial charge in [-0.05, 0) is 88.0 Å². The molecule has 1 aliphatic heterocycles. The van der Waals surface area contributed by atoms with Crippen LogP contribution in [0.4, 0.5) is 0 Å². The van der Waals surface area contributed by atoms with Gasteiger partial charge in [0.1, 0.15) is 5.75 Å². The summed E-state index contributed by atoms with van der Waals surface area (Å²) in [6.07, 6.45) is 13.0. The highest BCUT2D eigenvalue weighted by Crippen LogP contribution is 2.13. The Morgan fingerprint density at radius 3 is 2.14 bits per heavy atom. The van der Waals surface area contributed by atoms with Crippen LogP contribution in [0, 0.1) is 0 Å². The normalized spacial score (nSPS) is 13.0. The van der Waals surface area contributed by atoms with Gasteiger partial charge in [0.2, 0.25) is 5.91 Å². The van der Waals surface area contributed by atoms with Crippen LogP contribution >= 0.6 is 0 Å². The summed E-state index contributed by atoms with van der Waals surface area (Å²) in [6, 6.07) is 16.8. The van der Waals surface area contributed by atoms with Gasteiger partial charge in [0, 0.05) is 18.4 Å². The number of carbonyl (C=O) groups is 2. The lowest BCUT2D eigenvalue weighted by Gasteiger charge is -2.12. The topological polar surface area (TPSA) is 83.6 Å². The van der Waals surface area contributed by atoms with Gasteiger partial charge in [-0.2, -0.15) is 0 Å². The van der Waals surface area contributed by atoms with E-state index in [2.05, 4.69) is 47.4 Å². The van der Waals surface area contributed by atoms with E-state index in [1.54, 1.807) is 12.1 Å². The number of Topliss-reactive ketones (excluding diaryl/α,β-unsaturated/α-hetero) is 1. The molecule has 0 atom stereocenters. The van der Waals surface area contributed by atoms with Crippen molar-refractivity contribution in [1.29, 1.82) is 0 Å². The molecule has 35 heavy (non-hydrogen) atoms. The first-order valence-corrected chi connectivity index (χ1v) is 13.1. The largest absolute Gasteiger partial charge is 0.508 e. The fourth-order valence-electron chi connectivity index (χ4n) is 3.78. The number of nitrogens with zero attached hydrogens (tertiary/aromatic N) is 1. The van der Waals surface area contributed by atoms with Crippen molar-refractivity contribution >= 4 is 17.8 Å². The lowest BCUT2D eigenvalue weighted by atomic mass is 10.0. The van der Waals surface area contributed by atoms with Crippen LogP contribution in [-0.4, -0.2) is 41.3 Å². The number of carbonyl (C=O) groups excluding carboxylic acids is 2. The van der Waals surface area contributed by atoms with Crippen LogP contribution in [0.3, 0.4) is 0 Å². The molecule has 0 aromatic heterocycles. The second kappa shape index (κ2) is 19.4. The molecule has 5 heteroatoms. The molecule has 0 unspecified atom stereocenters. The number of hydrogen-bond donors (Lipinski definition) is 2. The highest BCUT2D eigenvalue weighted by molar-refractivity contribution is 5.96. The molecule has 1 aliphatic rings. The number of likely N-dealkylation sites (tertiary alicyclic amines) is 1. The lowest BCUT2D eigenvalue weighted by molar-refractivity contribution is -0.118. The third-order valence-electron chi connectivity index (χ3n) is 5.67. The molecule has 1 heterocycles. The van der Waals surface area contributed by atoms with Gasteiger partial charge < -0.3 is 15.7 Å². The van der Waals surface area contributed by atoms with E-state index >= 15 is 0 Å². The van der Waals surface area contributed by atoms with E-state index in [0.29, 0.717) is 18.4 Å². The number of phenols is 1. The Labute approximate surface area is 212 Å². The van der Waals surface area contributed by atoms with Gasteiger partial charge in [-0.1, -0.05) is 62.8 Å². The van der Waals surface area contributed by atoms with Gasteiger partial charge in [0.15, 0.2) is 5.78 Å². The number of phenolic OH excluding ortho intramolecular Hbond substituents is 1. The van der Waals surface area contributed by atoms with Crippen molar-refractivity contribution in [2.45, 2.75) is 71.6 Å². The predicted molar refractivity (Wildman–Crippen MR) is 146 cm³/mol. The number of amides is 1. The average Bonchev–Trinajstić information content (AvgIpc) is 3.40. The number of hydrogen-bond acceptors (Lipinski definition) is 4. The maximum atomic E-state index is 11.7. The molecule has 5 nitrogen and oxygen atoms in total. The maximum absolute atomic E-state index is 11.7. The van der Waals surface area contributed by atoms with E-state index in [1.807, 2.05) is 13.8 Å². The molecule has 2 aromatic rings. The Morgan fingerprint density at radius 1 is 0.886 bits per heavy atom. The molecule has 2 aromatic carbocycles. The summed E-state index contributed by atoms with van der Waals surface area (Å²) in [7, 11) is 0. The van der Waals surface area contributed by atoms with E-state index in [-0.39, 0.29) is 17.4 Å². The van der Waals surface area contributed by atoms with Crippen molar-refractivity contribution in [2.24, 2.45) is 5.73 Å². The van der Waals surface area contributed by atoms with Crippen LogP contribution in [0.1, 0.15) is 87.6 Å². The van der Waals surface area contributed by atoms with Crippen LogP contribution in [0.15, 0.2) is 60.7 Å². The predicted octanol–water partition coefficient (Wildman–Crippen LogP) is 6.61. The molecule has 0 saturated carbocycles. The smallest absolute Gasteiger partial charge is 0.217 e. The monoisotopic (exact) mass is 480 g/mol. The summed E-state index contributed by atoms with van der Waals surface area (Å²) in [4.78, 5) is 24.7. The first kappa shape index (κ1) is 30.1. The summed E-state index contributed by atoms with van der Waals surface area (Å²) in [5.74, 6) is -0.0815. The molecule has 3 rings (SSSR count). The van der Waals surface area contributed by atoms with Crippen LogP contribution < -0.4 is 5.73 Å². The van der Waals surface area contributed by atoms with E-state index < -0.39 is 0 Å². The molecule has 0 bridgehead atoms. The maximum Gasteiger partial charge on any atom is 0.217 e.